The van der Waals surface area contributed by atoms with Crippen molar-refractivity contribution in [2.75, 3.05) is 11.5 Å². The van der Waals surface area contributed by atoms with Crippen molar-refractivity contribution >= 4 is 27.5 Å². The van der Waals surface area contributed by atoms with Gasteiger partial charge in [-0.25, -0.2) is 8.42 Å². The molecule has 1 N–H and O–H groups in total. The maximum atomic E-state index is 12.8. The number of aromatic nitrogens is 3. The average Bonchev–Trinajstić information content (AvgIpc) is 3.33. The van der Waals surface area contributed by atoms with Crippen molar-refractivity contribution in [2.45, 2.75) is 42.1 Å². The predicted octanol–water partition coefficient (Wildman–Crippen LogP) is 1.90. The Balaban J connectivity index is 1.50. The molecule has 1 aromatic heterocycles. The fourth-order valence-electron chi connectivity index (χ4n) is 3.43. The minimum Gasteiger partial charge on any atom is -0.352 e. The van der Waals surface area contributed by atoms with E-state index in [0.717, 1.165) is 24.2 Å². The van der Waals surface area contributed by atoms with E-state index >= 15 is 0 Å². The van der Waals surface area contributed by atoms with Crippen molar-refractivity contribution in [3.05, 3.63) is 41.7 Å². The number of hydrogen-bond acceptors (Lipinski definition) is 6. The summed E-state index contributed by atoms with van der Waals surface area (Å²) < 4.78 is 25.3. The highest BCUT2D eigenvalue weighted by Gasteiger charge is 2.32. The van der Waals surface area contributed by atoms with Crippen molar-refractivity contribution < 1.29 is 13.2 Å². The maximum Gasteiger partial charge on any atom is 0.238 e. The lowest BCUT2D eigenvalue weighted by atomic mass is 10.1. The Morgan fingerprint density at radius 3 is 2.64 bits per heavy atom. The molecule has 150 valence electrons. The van der Waals surface area contributed by atoms with Gasteiger partial charge in [0, 0.05) is 19.5 Å². The molecule has 2 heterocycles. The van der Waals surface area contributed by atoms with Gasteiger partial charge in [-0.05, 0) is 30.7 Å². The number of carbonyl (C=O) groups is 1. The molecule has 2 unspecified atom stereocenters. The van der Waals surface area contributed by atoms with Crippen LogP contribution in [0.15, 0.2) is 35.5 Å². The number of nitrogens with one attached hydrogen (secondary N) is 1. The summed E-state index contributed by atoms with van der Waals surface area (Å²) in [7, 11) is -1.03. The van der Waals surface area contributed by atoms with Crippen molar-refractivity contribution in [2.24, 2.45) is 13.0 Å². The molecule has 2 fully saturated rings. The number of carbonyl (C=O) groups excluding carboxylic acids is 1. The molecule has 0 bridgehead atoms. The first-order valence-electron chi connectivity index (χ1n) is 9.52. The smallest absolute Gasteiger partial charge is 0.238 e. The van der Waals surface area contributed by atoms with Crippen LogP contribution in [0.1, 0.15) is 35.9 Å². The van der Waals surface area contributed by atoms with Crippen LogP contribution in [0.4, 0.5) is 0 Å². The number of nitrogens with zero attached hydrogens (tertiary/aromatic N) is 3. The Kier molecular flexibility index (Phi) is 5.46. The zero-order valence-electron chi connectivity index (χ0n) is 15.7. The van der Waals surface area contributed by atoms with Gasteiger partial charge in [-0.3, -0.25) is 4.79 Å². The number of hydrogen-bond donors (Lipinski definition) is 1. The lowest BCUT2D eigenvalue weighted by Gasteiger charge is -2.16. The van der Waals surface area contributed by atoms with Gasteiger partial charge >= 0.3 is 0 Å². The maximum absolute atomic E-state index is 12.8. The van der Waals surface area contributed by atoms with Gasteiger partial charge in [0.25, 0.3) is 0 Å². The van der Waals surface area contributed by atoms with Crippen LogP contribution in [-0.4, -0.2) is 46.6 Å². The van der Waals surface area contributed by atoms with Crippen LogP contribution in [0, 0.1) is 5.92 Å². The second kappa shape index (κ2) is 7.87. The van der Waals surface area contributed by atoms with Crippen LogP contribution in [-0.2, 0) is 28.1 Å². The molecule has 0 radical (unpaired) electrons. The highest BCUT2D eigenvalue weighted by Crippen LogP contribution is 2.36. The number of amides is 1. The van der Waals surface area contributed by atoms with E-state index in [4.69, 9.17) is 0 Å². The van der Waals surface area contributed by atoms with E-state index in [9.17, 15) is 13.2 Å². The van der Waals surface area contributed by atoms with Crippen molar-refractivity contribution in [3.63, 3.8) is 0 Å². The summed E-state index contributed by atoms with van der Waals surface area (Å²) in [5, 5.41) is 11.9. The van der Waals surface area contributed by atoms with Crippen LogP contribution < -0.4 is 5.32 Å². The summed E-state index contributed by atoms with van der Waals surface area (Å²) >= 11 is 1.38. The summed E-state index contributed by atoms with van der Waals surface area (Å²) in [6, 6.07) is 9.97. The average molecular weight is 421 g/mol. The molecule has 1 aromatic carbocycles. The van der Waals surface area contributed by atoms with E-state index in [1.807, 2.05) is 41.9 Å². The Morgan fingerprint density at radius 2 is 2.00 bits per heavy atom. The standard InChI is InChI=1S/C19H24N4O3S2/c1-23-16(11-13-9-10-28(25,26)12-13)21-22-19(23)27-17(14-5-3-2-4-6-14)18(24)20-15-7-8-15/h2-6,13,15,17H,7-12H2,1H3,(H,20,24). The van der Waals surface area contributed by atoms with E-state index in [-0.39, 0.29) is 23.3 Å². The number of benzene rings is 1. The fraction of sp³-hybridized carbons (Fsp3) is 0.526. The second-order valence-electron chi connectivity index (χ2n) is 7.62. The predicted molar refractivity (Wildman–Crippen MR) is 108 cm³/mol. The molecule has 1 amide bonds. The highest BCUT2D eigenvalue weighted by molar-refractivity contribution is 8.00. The molecular weight excluding hydrogens is 396 g/mol. The van der Waals surface area contributed by atoms with Gasteiger partial charge in [-0.2, -0.15) is 0 Å². The van der Waals surface area contributed by atoms with Crippen LogP contribution >= 0.6 is 11.8 Å². The summed E-state index contributed by atoms with van der Waals surface area (Å²) in [6.45, 7) is 0. The van der Waals surface area contributed by atoms with E-state index < -0.39 is 15.1 Å². The largest absolute Gasteiger partial charge is 0.352 e. The Morgan fingerprint density at radius 1 is 1.25 bits per heavy atom. The normalized spacial score (nSPS) is 22.1. The van der Waals surface area contributed by atoms with Crippen LogP contribution in [0.5, 0.6) is 0 Å². The molecule has 9 heteroatoms. The Hall–Kier alpha value is -1.87. The van der Waals surface area contributed by atoms with E-state index in [0.29, 0.717) is 24.0 Å². The third-order valence-corrected chi connectivity index (χ3v) is 8.34. The monoisotopic (exact) mass is 420 g/mol. The van der Waals surface area contributed by atoms with Gasteiger partial charge in [-0.15, -0.1) is 10.2 Å². The molecular formula is C19H24N4O3S2. The third kappa shape index (κ3) is 4.57. The molecule has 0 spiro atoms. The molecule has 1 aliphatic heterocycles. The molecule has 7 nitrogen and oxygen atoms in total. The first kappa shape index (κ1) is 19.4. The van der Waals surface area contributed by atoms with Crippen LogP contribution in [0.25, 0.3) is 0 Å². The Labute approximate surface area is 169 Å². The molecule has 28 heavy (non-hydrogen) atoms. The molecule has 4 rings (SSSR count). The van der Waals surface area contributed by atoms with Crippen LogP contribution in [0.3, 0.4) is 0 Å². The van der Waals surface area contributed by atoms with Gasteiger partial charge < -0.3 is 9.88 Å². The third-order valence-electron chi connectivity index (χ3n) is 5.21. The summed E-state index contributed by atoms with van der Waals surface area (Å²) in [5.41, 5.74) is 0.928. The van der Waals surface area contributed by atoms with E-state index in [1.165, 1.54) is 11.8 Å². The van der Waals surface area contributed by atoms with Gasteiger partial charge in [0.15, 0.2) is 15.0 Å². The molecule has 2 atom stereocenters. The zero-order valence-corrected chi connectivity index (χ0v) is 17.4. The topological polar surface area (TPSA) is 93.9 Å². The SMILES string of the molecule is Cn1c(CC2CCS(=O)(=O)C2)nnc1SC(C(=O)NC1CC1)c1ccccc1. The van der Waals surface area contributed by atoms with Gasteiger partial charge in [0.05, 0.1) is 11.5 Å². The molecule has 1 saturated carbocycles. The first-order valence-corrected chi connectivity index (χ1v) is 12.2. The van der Waals surface area contributed by atoms with Crippen molar-refractivity contribution in [3.8, 4) is 0 Å². The second-order valence-corrected chi connectivity index (χ2v) is 10.9. The molecule has 1 aliphatic carbocycles. The minimum atomic E-state index is -2.91. The number of sulfone groups is 1. The number of rotatable bonds is 7. The number of thioether (sulfide) groups is 1. The highest BCUT2D eigenvalue weighted by atomic mass is 32.2. The quantitative estimate of drug-likeness (QED) is 0.688. The summed E-state index contributed by atoms with van der Waals surface area (Å²) in [6.07, 6.45) is 3.34. The fourth-order valence-corrected chi connectivity index (χ4v) is 6.32. The van der Waals surface area contributed by atoms with Crippen LogP contribution in [0.2, 0.25) is 0 Å². The minimum absolute atomic E-state index is 0.00913. The molecule has 2 aromatic rings. The first-order chi connectivity index (χ1) is 13.4. The Bertz CT molecular complexity index is 955. The van der Waals surface area contributed by atoms with Crippen molar-refractivity contribution in [1.82, 2.24) is 20.1 Å². The van der Waals surface area contributed by atoms with Gasteiger partial charge in [0.2, 0.25) is 5.91 Å². The zero-order chi connectivity index (χ0) is 19.7. The van der Waals surface area contributed by atoms with E-state index in [2.05, 4.69) is 15.5 Å². The van der Waals surface area contributed by atoms with E-state index in [1.54, 1.807) is 0 Å². The molecule has 1 saturated heterocycles. The van der Waals surface area contributed by atoms with Crippen molar-refractivity contribution in [1.29, 1.82) is 0 Å². The summed E-state index contributed by atoms with van der Waals surface area (Å²) in [4.78, 5) is 12.8. The van der Waals surface area contributed by atoms with Gasteiger partial charge in [0.1, 0.15) is 11.1 Å². The molecule has 2 aliphatic rings. The van der Waals surface area contributed by atoms with Gasteiger partial charge in [-0.1, -0.05) is 42.1 Å². The lowest BCUT2D eigenvalue weighted by Crippen LogP contribution is -2.29. The lowest BCUT2D eigenvalue weighted by molar-refractivity contribution is -0.120. The summed E-state index contributed by atoms with van der Waals surface area (Å²) in [5.74, 6) is 1.32.